The number of aryl methyl sites for hydroxylation is 3. The second-order valence-electron chi connectivity index (χ2n) is 6.96. The Kier molecular flexibility index (Phi) is 2.90. The molecule has 4 aromatic rings. The van der Waals surface area contributed by atoms with Gasteiger partial charge in [-0.05, 0) is 31.5 Å². The van der Waals surface area contributed by atoms with Crippen LogP contribution >= 0.6 is 0 Å². The molecule has 0 radical (unpaired) electrons. The Balaban J connectivity index is 1.95. The highest BCUT2D eigenvalue weighted by atomic mass is 15.1. The summed E-state index contributed by atoms with van der Waals surface area (Å²) in [5, 5.41) is 1.28. The fourth-order valence-electron chi connectivity index (χ4n) is 4.26. The van der Waals surface area contributed by atoms with E-state index in [9.17, 15) is 0 Å². The maximum Gasteiger partial charge on any atom is 0.218 e. The van der Waals surface area contributed by atoms with E-state index in [0.717, 1.165) is 12.2 Å². The number of benzene rings is 2. The first-order valence-corrected chi connectivity index (χ1v) is 8.69. The zero-order chi connectivity index (χ0) is 17.1. The summed E-state index contributed by atoms with van der Waals surface area (Å²) >= 11 is 0. The topological polar surface area (TPSA) is 21.7 Å². The molecule has 0 bridgehead atoms. The third-order valence-electron chi connectivity index (χ3n) is 5.36. The van der Waals surface area contributed by atoms with Crippen LogP contribution in [0.4, 0.5) is 0 Å². The molecule has 3 heteroatoms. The second kappa shape index (κ2) is 5.03. The van der Waals surface area contributed by atoms with Crippen LogP contribution in [0.25, 0.3) is 27.8 Å². The molecule has 3 nitrogen and oxygen atoms in total. The molecule has 1 aliphatic rings. The fraction of sp³-hybridized carbons (Fsp3) is 0.182. The summed E-state index contributed by atoms with van der Waals surface area (Å²) in [6.07, 6.45) is 4.86. The fourth-order valence-corrected chi connectivity index (χ4v) is 4.26. The van der Waals surface area contributed by atoms with Crippen molar-refractivity contribution >= 4 is 10.9 Å². The van der Waals surface area contributed by atoms with E-state index in [1.54, 1.807) is 0 Å². The normalized spacial score (nSPS) is 12.4. The van der Waals surface area contributed by atoms with E-state index in [2.05, 4.69) is 83.7 Å². The van der Waals surface area contributed by atoms with Crippen molar-refractivity contribution in [1.29, 1.82) is 0 Å². The van der Waals surface area contributed by atoms with Crippen molar-refractivity contribution < 1.29 is 4.57 Å². The number of nitrogens with zero attached hydrogens (tertiary/aromatic N) is 3. The van der Waals surface area contributed by atoms with Gasteiger partial charge in [-0.25, -0.2) is 4.98 Å². The van der Waals surface area contributed by atoms with Crippen LogP contribution in [0, 0.1) is 13.8 Å². The number of para-hydroxylation sites is 1. The highest BCUT2D eigenvalue weighted by Gasteiger charge is 2.32. The molecular weight excluding hydrogens is 306 g/mol. The van der Waals surface area contributed by atoms with Crippen LogP contribution in [0.3, 0.4) is 0 Å². The van der Waals surface area contributed by atoms with E-state index in [0.29, 0.717) is 0 Å². The smallest absolute Gasteiger partial charge is 0.218 e. The van der Waals surface area contributed by atoms with Crippen molar-refractivity contribution in [1.82, 2.24) is 9.55 Å². The molecule has 0 fully saturated rings. The number of imidazole rings is 1. The van der Waals surface area contributed by atoms with Gasteiger partial charge in [-0.2, -0.15) is 4.57 Å². The molecule has 0 spiro atoms. The third-order valence-corrected chi connectivity index (χ3v) is 5.36. The molecule has 0 amide bonds. The van der Waals surface area contributed by atoms with Crippen molar-refractivity contribution in [2.24, 2.45) is 7.05 Å². The number of hydrogen-bond donors (Lipinski definition) is 0. The van der Waals surface area contributed by atoms with Gasteiger partial charge in [-0.15, -0.1) is 0 Å². The van der Waals surface area contributed by atoms with Gasteiger partial charge in [0.1, 0.15) is 12.9 Å². The Bertz CT molecular complexity index is 1150. The molecule has 3 heterocycles. The minimum Gasteiger partial charge on any atom is -0.302 e. The van der Waals surface area contributed by atoms with E-state index in [-0.39, 0.29) is 0 Å². The molecule has 0 saturated carbocycles. The molecule has 1 aliphatic heterocycles. The van der Waals surface area contributed by atoms with E-state index in [1.807, 2.05) is 6.20 Å². The second-order valence-corrected chi connectivity index (χ2v) is 6.96. The van der Waals surface area contributed by atoms with E-state index in [4.69, 9.17) is 0 Å². The number of pyridine rings is 1. The van der Waals surface area contributed by atoms with Crippen LogP contribution in [0.5, 0.6) is 0 Å². The molecule has 0 aliphatic carbocycles. The summed E-state index contributed by atoms with van der Waals surface area (Å²) in [4.78, 5) is 4.57. The molecule has 122 valence electrons. The Labute approximate surface area is 147 Å². The molecule has 2 aromatic heterocycles. The maximum absolute atomic E-state index is 4.57. The average molecular weight is 326 g/mol. The lowest BCUT2D eigenvalue weighted by atomic mass is 9.95. The van der Waals surface area contributed by atoms with Gasteiger partial charge in [0.15, 0.2) is 0 Å². The highest BCUT2D eigenvalue weighted by molar-refractivity contribution is 5.91. The number of rotatable bonds is 1. The van der Waals surface area contributed by atoms with Crippen LogP contribution < -0.4 is 4.57 Å². The van der Waals surface area contributed by atoms with Gasteiger partial charge < -0.3 is 4.57 Å². The molecule has 0 atom stereocenters. The molecular formula is C22H20N3+. The van der Waals surface area contributed by atoms with Crippen molar-refractivity contribution in [3.8, 4) is 16.9 Å². The monoisotopic (exact) mass is 326 g/mol. The van der Waals surface area contributed by atoms with Crippen LogP contribution in [-0.2, 0) is 13.5 Å². The van der Waals surface area contributed by atoms with Crippen LogP contribution in [0.1, 0.15) is 22.5 Å². The molecule has 5 rings (SSSR count). The zero-order valence-corrected chi connectivity index (χ0v) is 14.7. The van der Waals surface area contributed by atoms with Crippen LogP contribution in [0.15, 0.2) is 54.9 Å². The van der Waals surface area contributed by atoms with Gasteiger partial charge in [0, 0.05) is 30.4 Å². The first-order chi connectivity index (χ1) is 12.1. The van der Waals surface area contributed by atoms with E-state index in [1.165, 1.54) is 44.5 Å². The molecule has 0 saturated heterocycles. The standard InChI is InChI=1S/C22H20N3/c1-14-8-9-16(15(2)12-14)21-18-13-20-23-10-11-25(20)22(18)17-6-4-5-7-19(17)24(21)3/h4-12H,13H2,1-3H3/q+1. The van der Waals surface area contributed by atoms with E-state index < -0.39 is 0 Å². The van der Waals surface area contributed by atoms with Crippen molar-refractivity contribution in [2.75, 3.05) is 0 Å². The Morgan fingerprint density at radius 1 is 1.08 bits per heavy atom. The molecule has 0 N–H and O–H groups in total. The summed E-state index contributed by atoms with van der Waals surface area (Å²) in [7, 11) is 2.18. The lowest BCUT2D eigenvalue weighted by Gasteiger charge is -2.13. The van der Waals surface area contributed by atoms with Crippen molar-refractivity contribution in [3.63, 3.8) is 0 Å². The van der Waals surface area contributed by atoms with Crippen molar-refractivity contribution in [2.45, 2.75) is 20.3 Å². The first kappa shape index (κ1) is 14.4. The quantitative estimate of drug-likeness (QED) is 0.426. The summed E-state index contributed by atoms with van der Waals surface area (Å²) < 4.78 is 4.60. The van der Waals surface area contributed by atoms with Crippen LogP contribution in [-0.4, -0.2) is 9.55 Å². The van der Waals surface area contributed by atoms with Crippen molar-refractivity contribution in [3.05, 3.63) is 77.4 Å². The average Bonchev–Trinajstić information content (AvgIpc) is 3.17. The van der Waals surface area contributed by atoms with Gasteiger partial charge >= 0.3 is 0 Å². The number of aromatic nitrogens is 3. The highest BCUT2D eigenvalue weighted by Crippen LogP contribution is 2.38. The number of hydrogen-bond acceptors (Lipinski definition) is 1. The summed E-state index contributed by atoms with van der Waals surface area (Å²) in [5.41, 5.74) is 9.13. The predicted molar refractivity (Wildman–Crippen MR) is 100.0 cm³/mol. The Hall–Kier alpha value is -2.94. The lowest BCUT2D eigenvalue weighted by molar-refractivity contribution is -0.633. The predicted octanol–water partition coefficient (Wildman–Crippen LogP) is 4.04. The van der Waals surface area contributed by atoms with Gasteiger partial charge in [-0.1, -0.05) is 29.8 Å². The largest absolute Gasteiger partial charge is 0.302 e. The van der Waals surface area contributed by atoms with Gasteiger partial charge in [0.25, 0.3) is 0 Å². The lowest BCUT2D eigenvalue weighted by Crippen LogP contribution is -2.34. The van der Waals surface area contributed by atoms with Gasteiger partial charge in [0.05, 0.1) is 16.6 Å². The van der Waals surface area contributed by atoms with E-state index >= 15 is 0 Å². The Morgan fingerprint density at radius 2 is 1.92 bits per heavy atom. The molecule has 25 heavy (non-hydrogen) atoms. The summed E-state index contributed by atoms with van der Waals surface area (Å²) in [5.74, 6) is 1.12. The molecule has 0 unspecified atom stereocenters. The van der Waals surface area contributed by atoms with Gasteiger partial charge in [0.2, 0.25) is 11.2 Å². The Morgan fingerprint density at radius 3 is 2.76 bits per heavy atom. The summed E-state index contributed by atoms with van der Waals surface area (Å²) in [6, 6.07) is 15.4. The SMILES string of the molecule is Cc1ccc(-c2c3c(c4ccccc4[n+]2C)-n2ccnc2C3)c(C)c1. The zero-order valence-electron chi connectivity index (χ0n) is 14.7. The van der Waals surface area contributed by atoms with Gasteiger partial charge in [-0.3, -0.25) is 0 Å². The summed E-state index contributed by atoms with van der Waals surface area (Å²) in [6.45, 7) is 4.36. The number of fused-ring (bicyclic) bond motifs is 5. The maximum atomic E-state index is 4.57. The van der Waals surface area contributed by atoms with Crippen LogP contribution in [0.2, 0.25) is 0 Å². The minimum absolute atomic E-state index is 0.879. The first-order valence-electron chi connectivity index (χ1n) is 8.69. The third kappa shape index (κ3) is 1.92. The molecule has 2 aromatic carbocycles. The minimum atomic E-state index is 0.879.